The number of carbonyl (C=O) groups is 1. The van der Waals surface area contributed by atoms with Gasteiger partial charge in [-0.05, 0) is 37.1 Å². The van der Waals surface area contributed by atoms with Crippen molar-refractivity contribution >= 4 is 23.4 Å². The molecule has 1 aliphatic carbocycles. The number of pyridine rings is 1. The van der Waals surface area contributed by atoms with Crippen molar-refractivity contribution in [3.63, 3.8) is 0 Å². The van der Waals surface area contributed by atoms with E-state index in [4.69, 9.17) is 21.1 Å². The molecule has 0 aliphatic heterocycles. The zero-order chi connectivity index (χ0) is 14.1. The second-order valence-electron chi connectivity index (χ2n) is 4.78. The first kappa shape index (κ1) is 13.0. The normalized spacial score (nSPS) is 14.2. The molecular weight excluding hydrogens is 280 g/mol. The van der Waals surface area contributed by atoms with Gasteiger partial charge in [-0.1, -0.05) is 11.6 Å². The molecule has 3 rings (SSSR count). The lowest BCUT2D eigenvalue weighted by atomic mass is 10.2. The minimum atomic E-state index is -1.01. The van der Waals surface area contributed by atoms with E-state index in [0.717, 1.165) is 18.6 Å². The smallest absolute Gasteiger partial charge is 0.335 e. The molecule has 1 N–H and O–H groups in total. The van der Waals surface area contributed by atoms with Crippen LogP contribution in [0.1, 0.15) is 29.0 Å². The molecular formula is C14H13ClN2O3. The van der Waals surface area contributed by atoms with Crippen molar-refractivity contribution in [3.05, 3.63) is 47.0 Å². The van der Waals surface area contributed by atoms with Gasteiger partial charge >= 0.3 is 5.97 Å². The van der Waals surface area contributed by atoms with Gasteiger partial charge in [0.2, 0.25) is 0 Å². The van der Waals surface area contributed by atoms with Crippen LogP contribution in [0.4, 0.5) is 5.82 Å². The third kappa shape index (κ3) is 2.77. The van der Waals surface area contributed by atoms with Gasteiger partial charge in [-0.2, -0.15) is 0 Å². The number of hydrogen-bond acceptors (Lipinski definition) is 4. The van der Waals surface area contributed by atoms with Gasteiger partial charge in [0.25, 0.3) is 0 Å². The number of anilines is 1. The van der Waals surface area contributed by atoms with Gasteiger partial charge in [-0.25, -0.2) is 9.78 Å². The largest absolute Gasteiger partial charge is 0.478 e. The Morgan fingerprint density at radius 2 is 2.30 bits per heavy atom. The van der Waals surface area contributed by atoms with Crippen LogP contribution in [-0.2, 0) is 6.54 Å². The molecule has 0 bridgehead atoms. The highest BCUT2D eigenvalue weighted by molar-refractivity contribution is 6.29. The molecule has 104 valence electrons. The second kappa shape index (κ2) is 5.17. The Bertz CT molecular complexity index is 623. The number of hydrogen-bond donors (Lipinski definition) is 1. The zero-order valence-corrected chi connectivity index (χ0v) is 11.4. The summed E-state index contributed by atoms with van der Waals surface area (Å²) in [4.78, 5) is 17.4. The van der Waals surface area contributed by atoms with Gasteiger partial charge in [0.05, 0.1) is 18.4 Å². The van der Waals surface area contributed by atoms with Crippen LogP contribution in [0.5, 0.6) is 0 Å². The molecule has 1 saturated carbocycles. The molecule has 0 spiro atoms. The molecule has 20 heavy (non-hydrogen) atoms. The number of carboxylic acid groups (broad SMARTS) is 1. The van der Waals surface area contributed by atoms with Gasteiger partial charge in [-0.15, -0.1) is 0 Å². The van der Waals surface area contributed by atoms with Gasteiger partial charge in [-0.3, -0.25) is 0 Å². The van der Waals surface area contributed by atoms with Crippen molar-refractivity contribution < 1.29 is 14.3 Å². The minimum absolute atomic E-state index is 0.144. The van der Waals surface area contributed by atoms with Crippen molar-refractivity contribution in [3.8, 4) is 0 Å². The molecule has 2 aromatic heterocycles. The van der Waals surface area contributed by atoms with Crippen LogP contribution in [-0.4, -0.2) is 22.1 Å². The van der Waals surface area contributed by atoms with E-state index in [2.05, 4.69) is 4.98 Å². The molecule has 1 fully saturated rings. The molecule has 0 atom stereocenters. The number of furan rings is 1. The predicted molar refractivity (Wildman–Crippen MR) is 74.1 cm³/mol. The summed E-state index contributed by atoms with van der Waals surface area (Å²) in [7, 11) is 0. The maximum absolute atomic E-state index is 11.1. The highest BCUT2D eigenvalue weighted by atomic mass is 35.5. The summed E-state index contributed by atoms with van der Waals surface area (Å²) in [6, 6.07) is 6.99. The van der Waals surface area contributed by atoms with E-state index >= 15 is 0 Å². The molecule has 0 radical (unpaired) electrons. The fourth-order valence-electron chi connectivity index (χ4n) is 2.11. The Labute approximate surface area is 120 Å². The van der Waals surface area contributed by atoms with Crippen LogP contribution in [0.2, 0.25) is 5.15 Å². The van der Waals surface area contributed by atoms with E-state index in [-0.39, 0.29) is 10.7 Å². The zero-order valence-electron chi connectivity index (χ0n) is 10.6. The first-order chi connectivity index (χ1) is 9.63. The Balaban J connectivity index is 1.93. The third-order valence-corrected chi connectivity index (χ3v) is 3.41. The van der Waals surface area contributed by atoms with E-state index < -0.39 is 5.97 Å². The van der Waals surface area contributed by atoms with Crippen molar-refractivity contribution in [2.24, 2.45) is 0 Å². The summed E-state index contributed by atoms with van der Waals surface area (Å²) in [5, 5.41) is 9.29. The van der Waals surface area contributed by atoms with Gasteiger partial charge < -0.3 is 14.4 Å². The van der Waals surface area contributed by atoms with Crippen LogP contribution >= 0.6 is 11.6 Å². The number of nitrogens with zero attached hydrogens (tertiary/aromatic N) is 2. The highest BCUT2D eigenvalue weighted by Crippen LogP contribution is 2.33. The lowest BCUT2D eigenvalue weighted by molar-refractivity contribution is 0.0697. The first-order valence-electron chi connectivity index (χ1n) is 6.33. The van der Waals surface area contributed by atoms with Crippen molar-refractivity contribution in [1.82, 2.24) is 4.98 Å². The number of aromatic carboxylic acids is 1. The van der Waals surface area contributed by atoms with E-state index in [9.17, 15) is 4.79 Å². The SMILES string of the molecule is O=C(O)c1cc(Cl)nc(N(Cc2ccco2)C2CC2)c1. The quantitative estimate of drug-likeness (QED) is 0.857. The van der Waals surface area contributed by atoms with Gasteiger partial charge in [0, 0.05) is 6.04 Å². The predicted octanol–water partition coefficient (Wildman–Crippen LogP) is 3.20. The summed E-state index contributed by atoms with van der Waals surface area (Å²) >= 11 is 5.92. The van der Waals surface area contributed by atoms with Crippen molar-refractivity contribution in [2.75, 3.05) is 4.90 Å². The fraction of sp³-hybridized carbons (Fsp3) is 0.286. The Morgan fingerprint density at radius 1 is 1.50 bits per heavy atom. The van der Waals surface area contributed by atoms with Crippen LogP contribution in [0, 0.1) is 0 Å². The molecule has 0 amide bonds. The van der Waals surface area contributed by atoms with Gasteiger partial charge in [0.1, 0.15) is 16.7 Å². The average molecular weight is 293 g/mol. The molecule has 0 unspecified atom stereocenters. The summed E-state index contributed by atoms with van der Waals surface area (Å²) in [5.41, 5.74) is 0.144. The van der Waals surface area contributed by atoms with Crippen LogP contribution in [0.15, 0.2) is 34.9 Å². The van der Waals surface area contributed by atoms with Crippen LogP contribution in [0.3, 0.4) is 0 Å². The second-order valence-corrected chi connectivity index (χ2v) is 5.17. The number of aromatic nitrogens is 1. The van der Waals surface area contributed by atoms with E-state index in [1.54, 1.807) is 12.3 Å². The number of carboxylic acids is 1. The molecule has 2 heterocycles. The molecule has 6 heteroatoms. The maximum Gasteiger partial charge on any atom is 0.335 e. The topological polar surface area (TPSA) is 66.6 Å². The standard InChI is InChI=1S/C14H13ClN2O3/c15-12-6-9(14(18)19)7-13(16-12)17(10-3-4-10)8-11-2-1-5-20-11/h1-2,5-7,10H,3-4,8H2,(H,18,19). The highest BCUT2D eigenvalue weighted by Gasteiger charge is 2.31. The van der Waals surface area contributed by atoms with E-state index in [0.29, 0.717) is 18.4 Å². The number of halogens is 1. The lowest BCUT2D eigenvalue weighted by Gasteiger charge is -2.22. The molecule has 0 aromatic carbocycles. The van der Waals surface area contributed by atoms with Crippen molar-refractivity contribution in [1.29, 1.82) is 0 Å². The van der Waals surface area contributed by atoms with Crippen LogP contribution in [0.25, 0.3) is 0 Å². The molecule has 0 saturated heterocycles. The minimum Gasteiger partial charge on any atom is -0.478 e. The van der Waals surface area contributed by atoms with Gasteiger partial charge in [0.15, 0.2) is 0 Å². The van der Waals surface area contributed by atoms with Crippen molar-refractivity contribution in [2.45, 2.75) is 25.4 Å². The summed E-state index contributed by atoms with van der Waals surface area (Å²) in [6.07, 6.45) is 3.75. The monoisotopic (exact) mass is 292 g/mol. The fourth-order valence-corrected chi connectivity index (χ4v) is 2.31. The summed E-state index contributed by atoms with van der Waals surface area (Å²) < 4.78 is 5.35. The molecule has 5 nitrogen and oxygen atoms in total. The lowest BCUT2D eigenvalue weighted by Crippen LogP contribution is -2.26. The van der Waals surface area contributed by atoms with E-state index in [1.165, 1.54) is 6.07 Å². The molecule has 2 aromatic rings. The first-order valence-corrected chi connectivity index (χ1v) is 6.71. The number of rotatable bonds is 5. The summed E-state index contributed by atoms with van der Waals surface area (Å²) in [5.74, 6) is 0.383. The summed E-state index contributed by atoms with van der Waals surface area (Å²) in [6.45, 7) is 0.560. The third-order valence-electron chi connectivity index (χ3n) is 3.22. The molecule has 1 aliphatic rings. The Morgan fingerprint density at radius 3 is 2.90 bits per heavy atom. The Hall–Kier alpha value is -2.01. The average Bonchev–Trinajstić information content (AvgIpc) is 3.12. The van der Waals surface area contributed by atoms with Crippen LogP contribution < -0.4 is 4.90 Å². The Kier molecular flexibility index (Phi) is 3.36. The maximum atomic E-state index is 11.1. The van der Waals surface area contributed by atoms with E-state index in [1.807, 2.05) is 17.0 Å².